The Morgan fingerprint density at radius 1 is 1.19 bits per heavy atom. The zero-order valence-electron chi connectivity index (χ0n) is 23.0. The van der Waals surface area contributed by atoms with E-state index in [1.54, 1.807) is 32.1 Å². The van der Waals surface area contributed by atoms with Crippen LogP contribution in [0.1, 0.15) is 90.8 Å². The summed E-state index contributed by atoms with van der Waals surface area (Å²) in [6, 6.07) is 0. The second-order valence-electron chi connectivity index (χ2n) is 11.2. The van der Waals surface area contributed by atoms with Crippen LogP contribution in [-0.4, -0.2) is 45.3 Å². The Kier molecular flexibility index (Phi) is 11.5. The summed E-state index contributed by atoms with van der Waals surface area (Å²) in [6.45, 7) is 13.0. The van der Waals surface area contributed by atoms with Crippen molar-refractivity contribution in [3.63, 3.8) is 0 Å². The number of aliphatic hydroxyl groups is 2. The minimum absolute atomic E-state index is 0.0386. The molecule has 1 aromatic heterocycles. The van der Waals surface area contributed by atoms with Gasteiger partial charge in [-0.1, -0.05) is 53.2 Å². The van der Waals surface area contributed by atoms with Crippen LogP contribution in [0.5, 0.6) is 0 Å². The largest absolute Gasteiger partial charge is 0.457 e. The summed E-state index contributed by atoms with van der Waals surface area (Å²) in [5.74, 6) is -1.05. The maximum absolute atomic E-state index is 13.3. The molecule has 6 atom stereocenters. The number of cyclic esters (lactones) is 1. The molecule has 2 heterocycles. The standard InChI is InChI=1S/C29H45NO5S/c1-18-12-10-8-9-11-13-24(19(2)15-23-17-36-22(5)30-23)35-26(32)16-25(31)29(6,7)28(34)21(4)27(33)20(3)14-18/h9,11,15,17-18,20-21,24-25,27,31,33H,8,10,12-14,16H2,1-7H3/t18-,20-,21+,24-,25-,27-/m0/s1. The number of aliphatic hydroxyl groups excluding tert-OH is 2. The summed E-state index contributed by atoms with van der Waals surface area (Å²) < 4.78 is 5.81. The highest BCUT2D eigenvalue weighted by Gasteiger charge is 2.42. The molecule has 0 bridgehead atoms. The highest BCUT2D eigenvalue weighted by molar-refractivity contribution is 7.09. The van der Waals surface area contributed by atoms with Gasteiger partial charge in [-0.3, -0.25) is 9.59 Å². The number of carbonyl (C=O) groups is 2. The normalized spacial score (nSPS) is 32.0. The molecule has 1 aliphatic heterocycles. The zero-order chi connectivity index (χ0) is 27.0. The number of nitrogens with zero attached hydrogens (tertiary/aromatic N) is 1. The number of aromatic nitrogens is 1. The number of aryl methyl sites for hydroxylation is 1. The van der Waals surface area contributed by atoms with Crippen LogP contribution in [0.4, 0.5) is 0 Å². The summed E-state index contributed by atoms with van der Waals surface area (Å²) in [4.78, 5) is 30.7. The molecule has 7 heteroatoms. The fourth-order valence-electron chi connectivity index (χ4n) is 4.93. The van der Waals surface area contributed by atoms with Crippen LogP contribution in [0.2, 0.25) is 0 Å². The Bertz CT molecular complexity index is 934. The second kappa shape index (κ2) is 13.6. The molecule has 0 unspecified atom stereocenters. The molecule has 2 rings (SSSR count). The average Bonchev–Trinajstić information content (AvgIpc) is 3.22. The summed E-state index contributed by atoms with van der Waals surface area (Å²) in [7, 11) is 0. The van der Waals surface area contributed by atoms with E-state index in [-0.39, 0.29) is 18.1 Å². The highest BCUT2D eigenvalue weighted by atomic mass is 32.1. The Morgan fingerprint density at radius 2 is 1.89 bits per heavy atom. The molecule has 36 heavy (non-hydrogen) atoms. The lowest BCUT2D eigenvalue weighted by Gasteiger charge is -2.34. The molecule has 0 amide bonds. The second-order valence-corrected chi connectivity index (χ2v) is 12.3. The number of hydrogen-bond donors (Lipinski definition) is 2. The first-order valence-electron chi connectivity index (χ1n) is 13.2. The smallest absolute Gasteiger partial charge is 0.309 e. The third-order valence-corrected chi connectivity index (χ3v) is 8.28. The van der Waals surface area contributed by atoms with Gasteiger partial charge in [0.1, 0.15) is 11.9 Å². The van der Waals surface area contributed by atoms with Gasteiger partial charge in [-0.05, 0) is 56.6 Å². The van der Waals surface area contributed by atoms with E-state index in [0.717, 1.165) is 42.0 Å². The van der Waals surface area contributed by atoms with E-state index >= 15 is 0 Å². The number of Topliss-reactive ketones (excluding diaryl/α,β-unsaturated/α-hetero) is 1. The van der Waals surface area contributed by atoms with Crippen LogP contribution >= 0.6 is 11.3 Å². The predicted octanol–water partition coefficient (Wildman–Crippen LogP) is 5.90. The van der Waals surface area contributed by atoms with Crippen molar-refractivity contribution < 1.29 is 24.5 Å². The van der Waals surface area contributed by atoms with Crippen LogP contribution in [0.15, 0.2) is 23.1 Å². The van der Waals surface area contributed by atoms with Crippen molar-refractivity contribution in [1.82, 2.24) is 4.98 Å². The van der Waals surface area contributed by atoms with Gasteiger partial charge in [-0.2, -0.15) is 0 Å². The molecular formula is C29H45NO5S. The van der Waals surface area contributed by atoms with Crippen molar-refractivity contribution in [2.24, 2.45) is 23.2 Å². The topological polar surface area (TPSA) is 96.7 Å². The lowest BCUT2D eigenvalue weighted by molar-refractivity contribution is -0.154. The molecule has 0 aromatic carbocycles. The molecular weight excluding hydrogens is 474 g/mol. The SMILES string of the molecule is CC(=Cc1csc(C)n1)[C@@H]1CC=CCCC[C@H](C)C[C@H](C)[C@H](O)[C@@H](C)C(=O)C(C)(C)[C@@H](O)CC(=O)O1. The third-order valence-electron chi connectivity index (χ3n) is 7.49. The molecule has 0 fully saturated rings. The van der Waals surface area contributed by atoms with Gasteiger partial charge in [0.05, 0.1) is 34.7 Å². The number of rotatable bonds is 2. The molecule has 6 nitrogen and oxygen atoms in total. The number of allylic oxidation sites excluding steroid dienone is 1. The molecule has 2 N–H and O–H groups in total. The first-order valence-corrected chi connectivity index (χ1v) is 14.1. The molecule has 1 aromatic rings. The van der Waals surface area contributed by atoms with E-state index in [1.165, 1.54) is 0 Å². The number of ether oxygens (including phenoxy) is 1. The number of esters is 1. The van der Waals surface area contributed by atoms with Crippen molar-refractivity contribution in [3.05, 3.63) is 33.8 Å². The van der Waals surface area contributed by atoms with Gasteiger partial charge in [0.2, 0.25) is 0 Å². The van der Waals surface area contributed by atoms with E-state index in [0.29, 0.717) is 12.3 Å². The Morgan fingerprint density at radius 3 is 2.53 bits per heavy atom. The molecule has 0 spiro atoms. The molecule has 0 saturated heterocycles. The summed E-state index contributed by atoms with van der Waals surface area (Å²) >= 11 is 1.56. The van der Waals surface area contributed by atoms with Gasteiger partial charge in [-0.25, -0.2) is 4.98 Å². The number of ketones is 1. The third kappa shape index (κ3) is 8.63. The van der Waals surface area contributed by atoms with Crippen LogP contribution in [-0.2, 0) is 14.3 Å². The van der Waals surface area contributed by atoms with E-state index < -0.39 is 35.6 Å². The minimum atomic E-state index is -1.22. The lowest BCUT2D eigenvalue weighted by atomic mass is 9.72. The first-order chi connectivity index (χ1) is 16.8. The quantitative estimate of drug-likeness (QED) is 0.373. The van der Waals surface area contributed by atoms with Crippen LogP contribution in [0, 0.1) is 30.1 Å². The Balaban J connectivity index is 2.28. The number of carbonyl (C=O) groups excluding carboxylic acids is 2. The van der Waals surface area contributed by atoms with Gasteiger partial charge in [0.25, 0.3) is 0 Å². The first kappa shape index (κ1) is 30.4. The Hall–Kier alpha value is -1.83. The van der Waals surface area contributed by atoms with Crippen molar-refractivity contribution in [1.29, 1.82) is 0 Å². The fourth-order valence-corrected chi connectivity index (χ4v) is 5.50. The summed E-state index contributed by atoms with van der Waals surface area (Å²) in [6.07, 6.45) is 7.67. The van der Waals surface area contributed by atoms with Gasteiger partial charge in [0.15, 0.2) is 0 Å². The lowest BCUT2D eigenvalue weighted by Crippen LogP contribution is -2.45. The molecule has 0 aliphatic carbocycles. The average molecular weight is 520 g/mol. The highest BCUT2D eigenvalue weighted by Crippen LogP contribution is 2.33. The van der Waals surface area contributed by atoms with Gasteiger partial charge in [-0.15, -0.1) is 11.3 Å². The predicted molar refractivity (Wildman–Crippen MR) is 146 cm³/mol. The van der Waals surface area contributed by atoms with Crippen molar-refractivity contribution in [2.75, 3.05) is 0 Å². The number of hydrogen-bond acceptors (Lipinski definition) is 7. The summed E-state index contributed by atoms with van der Waals surface area (Å²) in [5.41, 5.74) is 0.503. The van der Waals surface area contributed by atoms with Crippen LogP contribution in [0.3, 0.4) is 0 Å². The van der Waals surface area contributed by atoms with Gasteiger partial charge in [0, 0.05) is 17.7 Å². The molecule has 202 valence electrons. The maximum atomic E-state index is 13.3. The summed E-state index contributed by atoms with van der Waals surface area (Å²) in [5, 5.41) is 24.7. The minimum Gasteiger partial charge on any atom is -0.457 e. The van der Waals surface area contributed by atoms with E-state index in [1.807, 2.05) is 38.3 Å². The van der Waals surface area contributed by atoms with Crippen molar-refractivity contribution in [3.8, 4) is 0 Å². The van der Waals surface area contributed by atoms with Crippen molar-refractivity contribution >= 4 is 29.2 Å². The molecule has 0 saturated carbocycles. The van der Waals surface area contributed by atoms with Crippen LogP contribution in [0.25, 0.3) is 6.08 Å². The number of thiazole rings is 1. The van der Waals surface area contributed by atoms with E-state index in [9.17, 15) is 19.8 Å². The zero-order valence-corrected chi connectivity index (χ0v) is 23.8. The Labute approximate surface area is 220 Å². The van der Waals surface area contributed by atoms with E-state index in [2.05, 4.69) is 18.0 Å². The van der Waals surface area contributed by atoms with Crippen LogP contribution < -0.4 is 0 Å². The monoisotopic (exact) mass is 519 g/mol. The maximum Gasteiger partial charge on any atom is 0.309 e. The fraction of sp³-hybridized carbons (Fsp3) is 0.690. The van der Waals surface area contributed by atoms with Crippen molar-refractivity contribution in [2.45, 2.75) is 105 Å². The van der Waals surface area contributed by atoms with Gasteiger partial charge >= 0.3 is 5.97 Å². The van der Waals surface area contributed by atoms with E-state index in [4.69, 9.17) is 4.74 Å². The molecule has 1 aliphatic rings. The molecule has 0 radical (unpaired) electrons. The van der Waals surface area contributed by atoms with Gasteiger partial charge < -0.3 is 14.9 Å².